The summed E-state index contributed by atoms with van der Waals surface area (Å²) in [6.45, 7) is 7.64. The van der Waals surface area contributed by atoms with Crippen molar-refractivity contribution in [3.05, 3.63) is 40.7 Å². The van der Waals surface area contributed by atoms with Gasteiger partial charge in [0.1, 0.15) is 11.8 Å². The molecule has 2 rings (SSSR count). The summed E-state index contributed by atoms with van der Waals surface area (Å²) >= 11 is 5.96. The van der Waals surface area contributed by atoms with Crippen molar-refractivity contribution in [1.82, 2.24) is 15.3 Å². The number of phenols is 1. The second-order valence-corrected chi connectivity index (χ2v) is 8.63. The number of benzene rings is 1. The van der Waals surface area contributed by atoms with E-state index in [1.807, 2.05) is 26.0 Å². The fraction of sp³-hybridized carbons (Fsp3) is 0.542. The molecule has 0 aliphatic carbocycles. The van der Waals surface area contributed by atoms with E-state index in [9.17, 15) is 9.90 Å². The summed E-state index contributed by atoms with van der Waals surface area (Å²) in [6, 6.07) is 7.60. The zero-order chi connectivity index (χ0) is 25.0. The number of aromatic hydroxyl groups is 1. The number of anilines is 2. The van der Waals surface area contributed by atoms with Crippen molar-refractivity contribution in [2.75, 3.05) is 45.3 Å². The van der Waals surface area contributed by atoms with Gasteiger partial charge in [-0.25, -0.2) is 9.97 Å². The first kappa shape index (κ1) is 28.5. The lowest BCUT2D eigenvalue weighted by molar-refractivity contribution is -0.914. The molecular weight excluding hydrogens is 440 g/mol. The Morgan fingerprint density at radius 3 is 2.42 bits per heavy atom. The Balaban J connectivity index is 0.00000265. The highest BCUT2D eigenvalue weighted by molar-refractivity contribution is 6.31. The standard InChI is InChI=1S/C22H33ClN6O2.C2H6/c1-5-7-16(29(3,4)13-6-8-15-9-11-17(30)12-10-15)14-26-22(31)18-21(25-2)28-20(24)19(23)27-18;1-2/h9-12,16H,5-8,13-14H2,1-4H3,(H4-,24,25,26,28,30,31);1-2H3/p+1/t16-;/m0./s1. The molecule has 0 spiro atoms. The molecule has 0 aliphatic heterocycles. The van der Waals surface area contributed by atoms with E-state index in [0.29, 0.717) is 12.4 Å². The van der Waals surface area contributed by atoms with Crippen molar-refractivity contribution in [1.29, 1.82) is 0 Å². The third kappa shape index (κ3) is 8.70. The van der Waals surface area contributed by atoms with Crippen molar-refractivity contribution >= 4 is 29.1 Å². The smallest absolute Gasteiger partial charge is 0.274 e. The number of hydrogen-bond acceptors (Lipinski definition) is 6. The number of quaternary nitrogens is 1. The Kier molecular flexibility index (Phi) is 11.9. The van der Waals surface area contributed by atoms with Gasteiger partial charge in [0.2, 0.25) is 0 Å². The van der Waals surface area contributed by atoms with Crippen molar-refractivity contribution < 1.29 is 14.4 Å². The maximum absolute atomic E-state index is 12.8. The number of hydrogen-bond donors (Lipinski definition) is 4. The lowest BCUT2D eigenvalue weighted by Gasteiger charge is -2.38. The molecule has 0 unspecified atom stereocenters. The molecule has 0 aliphatic rings. The number of amides is 1. The average Bonchev–Trinajstić information content (AvgIpc) is 2.80. The first-order valence-electron chi connectivity index (χ1n) is 11.6. The van der Waals surface area contributed by atoms with Crippen molar-refractivity contribution in [3.63, 3.8) is 0 Å². The highest BCUT2D eigenvalue weighted by Crippen LogP contribution is 2.20. The van der Waals surface area contributed by atoms with Gasteiger partial charge in [0.05, 0.1) is 27.2 Å². The van der Waals surface area contributed by atoms with Crippen LogP contribution in [0.15, 0.2) is 24.3 Å². The summed E-state index contributed by atoms with van der Waals surface area (Å²) in [5.74, 6) is 0.336. The van der Waals surface area contributed by atoms with Crippen LogP contribution in [0.3, 0.4) is 0 Å². The van der Waals surface area contributed by atoms with Gasteiger partial charge in [-0.2, -0.15) is 0 Å². The molecule has 1 amide bonds. The van der Waals surface area contributed by atoms with Crippen LogP contribution in [0.4, 0.5) is 11.6 Å². The Hall–Kier alpha value is -2.58. The van der Waals surface area contributed by atoms with Crippen molar-refractivity contribution in [3.8, 4) is 5.75 Å². The molecule has 184 valence electrons. The number of likely N-dealkylation sites (N-methyl/N-ethyl adjacent to an activating group) is 1. The average molecular weight is 480 g/mol. The molecular formula is C24H40ClN6O2+. The lowest BCUT2D eigenvalue weighted by Crippen LogP contribution is -2.54. The molecule has 9 heteroatoms. The number of nitrogen functional groups attached to an aromatic ring is 1. The highest BCUT2D eigenvalue weighted by atomic mass is 35.5. The van der Waals surface area contributed by atoms with Crippen LogP contribution < -0.4 is 16.4 Å². The lowest BCUT2D eigenvalue weighted by atomic mass is 10.1. The largest absolute Gasteiger partial charge is 0.508 e. The predicted molar refractivity (Wildman–Crippen MR) is 137 cm³/mol. The number of carbonyl (C=O) groups is 1. The van der Waals surface area contributed by atoms with E-state index >= 15 is 0 Å². The topological polar surface area (TPSA) is 113 Å². The van der Waals surface area contributed by atoms with Crippen molar-refractivity contribution in [2.24, 2.45) is 0 Å². The Morgan fingerprint density at radius 1 is 1.21 bits per heavy atom. The number of rotatable bonds is 11. The van der Waals surface area contributed by atoms with Crippen LogP contribution in [0.2, 0.25) is 5.15 Å². The van der Waals surface area contributed by atoms with Crippen LogP contribution in [0, 0.1) is 0 Å². The summed E-state index contributed by atoms with van der Waals surface area (Å²) in [7, 11) is 6.05. The zero-order valence-corrected chi connectivity index (χ0v) is 21.5. The van der Waals surface area contributed by atoms with Gasteiger partial charge < -0.3 is 26.0 Å². The maximum atomic E-state index is 12.8. The third-order valence-corrected chi connectivity index (χ3v) is 5.85. The van der Waals surface area contributed by atoms with E-state index in [0.717, 1.165) is 36.7 Å². The molecule has 0 saturated heterocycles. The molecule has 33 heavy (non-hydrogen) atoms. The molecule has 0 radical (unpaired) electrons. The minimum absolute atomic E-state index is 0.0135. The number of halogens is 1. The van der Waals surface area contributed by atoms with Crippen LogP contribution in [-0.4, -0.2) is 65.7 Å². The fourth-order valence-electron chi connectivity index (χ4n) is 3.62. The first-order chi connectivity index (χ1) is 15.7. The molecule has 0 bridgehead atoms. The normalized spacial score (nSPS) is 11.8. The third-order valence-electron chi connectivity index (χ3n) is 5.57. The number of carbonyl (C=O) groups excluding carboxylic acids is 1. The second-order valence-electron chi connectivity index (χ2n) is 8.27. The molecule has 8 nitrogen and oxygen atoms in total. The number of aryl methyl sites for hydroxylation is 1. The summed E-state index contributed by atoms with van der Waals surface area (Å²) in [6.07, 6.45) is 3.96. The van der Waals surface area contributed by atoms with Crippen LogP contribution in [0.25, 0.3) is 0 Å². The molecule has 5 N–H and O–H groups in total. The van der Waals surface area contributed by atoms with E-state index in [4.69, 9.17) is 17.3 Å². The molecule has 1 heterocycles. The van der Waals surface area contributed by atoms with Gasteiger partial charge in [-0.1, -0.05) is 50.9 Å². The van der Waals surface area contributed by atoms with Crippen LogP contribution in [-0.2, 0) is 6.42 Å². The highest BCUT2D eigenvalue weighted by Gasteiger charge is 2.28. The van der Waals surface area contributed by atoms with E-state index in [1.165, 1.54) is 5.56 Å². The number of nitrogens with one attached hydrogen (secondary N) is 2. The second kappa shape index (κ2) is 13.9. The van der Waals surface area contributed by atoms with Gasteiger partial charge in [0.25, 0.3) is 5.91 Å². The van der Waals surface area contributed by atoms with E-state index in [1.54, 1.807) is 19.2 Å². The molecule has 1 aromatic carbocycles. The molecule has 1 atom stereocenters. The summed E-state index contributed by atoms with van der Waals surface area (Å²) in [4.78, 5) is 21.0. The SMILES string of the molecule is CC.CCC[C@@H](CNC(=O)c1nc(Cl)c(N)nc1NC)[N+](C)(C)CCCc1ccc(O)cc1. The van der Waals surface area contributed by atoms with Gasteiger partial charge in [0.15, 0.2) is 22.5 Å². The summed E-state index contributed by atoms with van der Waals surface area (Å²) in [5, 5.41) is 15.3. The fourth-order valence-corrected chi connectivity index (χ4v) is 3.75. The van der Waals surface area contributed by atoms with E-state index < -0.39 is 0 Å². The number of nitrogens with two attached hydrogens (primary N) is 1. The van der Waals surface area contributed by atoms with Gasteiger partial charge >= 0.3 is 0 Å². The number of nitrogens with zero attached hydrogens (tertiary/aromatic N) is 3. The Labute approximate surface area is 203 Å². The van der Waals surface area contributed by atoms with E-state index in [-0.39, 0.29) is 34.4 Å². The Morgan fingerprint density at radius 2 is 1.85 bits per heavy atom. The van der Waals surface area contributed by atoms with Gasteiger partial charge in [-0.3, -0.25) is 4.79 Å². The summed E-state index contributed by atoms with van der Waals surface area (Å²) < 4.78 is 0.791. The van der Waals surface area contributed by atoms with Crippen LogP contribution in [0.1, 0.15) is 56.1 Å². The number of aromatic nitrogens is 2. The zero-order valence-electron chi connectivity index (χ0n) is 20.8. The predicted octanol–water partition coefficient (Wildman–Crippen LogP) is 4.09. The van der Waals surface area contributed by atoms with Gasteiger partial charge in [-0.15, -0.1) is 0 Å². The molecule has 2 aromatic rings. The molecule has 0 saturated carbocycles. The molecule has 1 aromatic heterocycles. The van der Waals surface area contributed by atoms with Gasteiger partial charge in [-0.05, 0) is 24.1 Å². The monoisotopic (exact) mass is 479 g/mol. The minimum atomic E-state index is -0.330. The minimum Gasteiger partial charge on any atom is -0.508 e. The quantitative estimate of drug-likeness (QED) is 0.361. The van der Waals surface area contributed by atoms with Gasteiger partial charge in [0, 0.05) is 19.9 Å². The molecule has 0 fully saturated rings. The summed E-state index contributed by atoms with van der Waals surface area (Å²) in [5.41, 5.74) is 7.03. The number of phenolic OH excluding ortho intramolecular Hbond substituents is 1. The van der Waals surface area contributed by atoms with E-state index in [2.05, 4.69) is 41.6 Å². The van der Waals surface area contributed by atoms with Crippen LogP contribution in [0.5, 0.6) is 5.75 Å². The van der Waals surface area contributed by atoms with Crippen molar-refractivity contribution in [2.45, 2.75) is 52.5 Å². The van der Waals surface area contributed by atoms with Crippen LogP contribution >= 0.6 is 11.6 Å². The Bertz CT molecular complexity index is 874. The maximum Gasteiger partial charge on any atom is 0.274 e. The first-order valence-corrected chi connectivity index (χ1v) is 11.9.